The van der Waals surface area contributed by atoms with E-state index in [2.05, 4.69) is 58.4 Å². The lowest BCUT2D eigenvalue weighted by Crippen LogP contribution is -2.52. The fourth-order valence-electron chi connectivity index (χ4n) is 6.56. The number of pyridine rings is 1. The van der Waals surface area contributed by atoms with Gasteiger partial charge in [-0.15, -0.1) is 5.10 Å². The van der Waals surface area contributed by atoms with Gasteiger partial charge in [-0.1, -0.05) is 29.2 Å². The van der Waals surface area contributed by atoms with Crippen molar-refractivity contribution in [3.8, 4) is 11.8 Å². The van der Waals surface area contributed by atoms with Crippen LogP contribution in [-0.4, -0.2) is 99.5 Å². The molecule has 1 saturated heterocycles. The van der Waals surface area contributed by atoms with E-state index in [1.165, 1.54) is 41.2 Å². The zero-order valence-corrected chi connectivity index (χ0v) is 34.2. The predicted octanol–water partition coefficient (Wildman–Crippen LogP) is 3.32. The number of imide groups is 1. The number of carbonyl (C=O) groups is 4. The number of nitrogens with one attached hydrogen (secondary N) is 4. The summed E-state index contributed by atoms with van der Waals surface area (Å²) < 4.78 is 73.8. The third-order valence-electron chi connectivity index (χ3n) is 9.82. The lowest BCUT2D eigenvalue weighted by Gasteiger charge is -2.29. The largest absolute Gasteiger partial charge is 0.421 e. The summed E-state index contributed by atoms with van der Waals surface area (Å²) in [7, 11) is -2.42. The minimum absolute atomic E-state index is 0.0235. The van der Waals surface area contributed by atoms with Crippen LogP contribution in [0.2, 0.25) is 0 Å². The maximum absolute atomic E-state index is 13.9. The van der Waals surface area contributed by atoms with E-state index in [1.54, 1.807) is 42.5 Å². The van der Waals surface area contributed by atoms with Crippen LogP contribution in [0.4, 0.5) is 42.1 Å². The van der Waals surface area contributed by atoms with Crippen LogP contribution in [0, 0.1) is 11.8 Å². The minimum Gasteiger partial charge on any atom is -0.367 e. The number of halogens is 3. The number of ether oxygens (including phenoxy) is 1. The molecule has 5 heterocycles. The highest BCUT2D eigenvalue weighted by Gasteiger charge is 2.40. The summed E-state index contributed by atoms with van der Waals surface area (Å²) in [5.74, 6) is 3.57. The van der Waals surface area contributed by atoms with Crippen molar-refractivity contribution < 1.29 is 45.5 Å². The number of sulfonamides is 1. The number of nitrogens with zero attached hydrogens (tertiary/aromatic N) is 8. The van der Waals surface area contributed by atoms with Crippen molar-refractivity contribution in [2.24, 2.45) is 0 Å². The van der Waals surface area contributed by atoms with Crippen LogP contribution >= 0.6 is 0 Å². The highest BCUT2D eigenvalue weighted by atomic mass is 32.2. The summed E-state index contributed by atoms with van der Waals surface area (Å²) in [5, 5.41) is 18.3. The van der Waals surface area contributed by atoms with Crippen molar-refractivity contribution in [3.63, 3.8) is 0 Å². The van der Waals surface area contributed by atoms with E-state index in [9.17, 15) is 40.8 Å². The van der Waals surface area contributed by atoms with Gasteiger partial charge in [0.05, 0.1) is 25.6 Å². The molecule has 0 spiro atoms. The van der Waals surface area contributed by atoms with Crippen LogP contribution in [0.1, 0.15) is 55.9 Å². The first-order valence-electron chi connectivity index (χ1n) is 19.0. The Morgan fingerprint density at radius 1 is 1.06 bits per heavy atom. The van der Waals surface area contributed by atoms with E-state index in [4.69, 9.17) is 4.74 Å². The van der Waals surface area contributed by atoms with Gasteiger partial charge in [0.15, 0.2) is 5.69 Å². The Kier molecular flexibility index (Phi) is 12.6. The van der Waals surface area contributed by atoms with Crippen LogP contribution < -0.4 is 25.6 Å². The van der Waals surface area contributed by atoms with Crippen molar-refractivity contribution in [1.82, 2.24) is 40.2 Å². The number of fused-ring (bicyclic) bond motifs is 1. The summed E-state index contributed by atoms with van der Waals surface area (Å²) in [6, 6.07) is 13.7. The molecule has 63 heavy (non-hydrogen) atoms. The highest BCUT2D eigenvalue weighted by Crippen LogP contribution is 2.35. The van der Waals surface area contributed by atoms with E-state index in [-0.39, 0.29) is 75.0 Å². The number of carbonyl (C=O) groups excluding carboxylic acids is 4. The maximum atomic E-state index is 13.9. The molecule has 4 N–H and O–H groups in total. The topological polar surface area (TPSA) is 236 Å². The molecular formula is C40H37F3N12O7S. The zero-order valence-electron chi connectivity index (χ0n) is 33.4. The highest BCUT2D eigenvalue weighted by molar-refractivity contribution is 7.92. The number of aromatic nitrogens is 6. The Balaban J connectivity index is 0.891. The van der Waals surface area contributed by atoms with Gasteiger partial charge >= 0.3 is 6.18 Å². The molecule has 1 fully saturated rings. The van der Waals surface area contributed by atoms with Gasteiger partial charge < -0.3 is 25.6 Å². The molecule has 2 aromatic carbocycles. The average Bonchev–Trinajstić information content (AvgIpc) is 3.86. The van der Waals surface area contributed by atoms with Gasteiger partial charge in [-0.2, -0.15) is 18.2 Å². The number of anilines is 5. The molecule has 4 amide bonds. The van der Waals surface area contributed by atoms with E-state index in [0.717, 1.165) is 10.6 Å². The molecule has 2 aliphatic rings. The quantitative estimate of drug-likeness (QED) is 0.0712. The van der Waals surface area contributed by atoms with Crippen molar-refractivity contribution in [1.29, 1.82) is 0 Å². The number of amides is 4. The Bertz CT molecular complexity index is 2760. The fraction of sp³-hybridized carbons (Fsp3) is 0.275. The zero-order chi connectivity index (χ0) is 44.9. The SMILES string of the molecule is CN(c1ncccc1CNc1nc(Nc2ccc(NC(=O)c3cn(CCOCC#Cc4cccc5c4CN(C4CCC(=O)NC4=O)C5=O)nn3)cc2)ncc1C(F)(F)F)S(C)(=O)=O. The van der Waals surface area contributed by atoms with Gasteiger partial charge in [-0.3, -0.25) is 28.8 Å². The third-order valence-corrected chi connectivity index (χ3v) is 11.0. The lowest BCUT2D eigenvalue weighted by atomic mass is 10.0. The summed E-state index contributed by atoms with van der Waals surface area (Å²) in [5.41, 5.74) is 1.74. The van der Waals surface area contributed by atoms with Gasteiger partial charge in [0, 0.05) is 67.0 Å². The van der Waals surface area contributed by atoms with Gasteiger partial charge in [-0.05, 0) is 54.4 Å². The lowest BCUT2D eigenvalue weighted by molar-refractivity contribution is -0.138. The predicted molar refractivity (Wildman–Crippen MR) is 220 cm³/mol. The molecule has 23 heteroatoms. The standard InChI is InChI=1S/C40H37F3N12O7S/c1-53(63(2,60)61)35-25(7-4-16-44-35)20-45-34-30(40(41,42)43)21-46-39(50-34)48-27-12-10-26(11-13-27)47-36(57)31-23-54(52-51-31)17-19-62-18-5-8-24-6-3-9-28-29(24)22-55(38(28)59)32-14-15-33(56)49-37(32)58/h3-4,6-7,9-13,16,21,23,32H,14-15,17-20,22H2,1-2H3,(H,47,57)(H,49,56,58)(H2,45,46,48,50). The Hall–Kier alpha value is -7.45. The molecule has 0 bridgehead atoms. The Labute approximate surface area is 357 Å². The fourth-order valence-corrected chi connectivity index (χ4v) is 7.04. The number of hydrogen-bond acceptors (Lipinski definition) is 14. The molecule has 3 aromatic heterocycles. The van der Waals surface area contributed by atoms with Gasteiger partial charge in [0.2, 0.25) is 27.8 Å². The van der Waals surface area contributed by atoms with Crippen molar-refractivity contribution in [2.45, 2.75) is 44.7 Å². The normalized spacial score (nSPS) is 15.0. The number of hydrogen-bond donors (Lipinski definition) is 4. The molecule has 0 aliphatic carbocycles. The molecule has 1 atom stereocenters. The van der Waals surface area contributed by atoms with Crippen LogP contribution in [0.5, 0.6) is 0 Å². The van der Waals surface area contributed by atoms with Crippen LogP contribution in [0.15, 0.2) is 73.2 Å². The molecule has 0 saturated carbocycles. The van der Waals surface area contributed by atoms with Crippen molar-refractivity contribution >= 4 is 62.6 Å². The number of piperidine rings is 1. The molecule has 19 nitrogen and oxygen atoms in total. The van der Waals surface area contributed by atoms with E-state index < -0.39 is 45.4 Å². The summed E-state index contributed by atoms with van der Waals surface area (Å²) >= 11 is 0. The van der Waals surface area contributed by atoms with Crippen molar-refractivity contribution in [3.05, 3.63) is 107 Å². The molecular weight excluding hydrogens is 850 g/mol. The summed E-state index contributed by atoms with van der Waals surface area (Å²) in [6.45, 7) is 0.466. The van der Waals surface area contributed by atoms with Gasteiger partial charge in [-0.25, -0.2) is 23.1 Å². The minimum atomic E-state index is -4.81. The first kappa shape index (κ1) is 43.6. The second kappa shape index (κ2) is 18.3. The van der Waals surface area contributed by atoms with E-state index >= 15 is 0 Å². The molecule has 7 rings (SSSR count). The summed E-state index contributed by atoms with van der Waals surface area (Å²) in [4.78, 5) is 63.3. The molecule has 1 unspecified atom stereocenters. The monoisotopic (exact) mass is 886 g/mol. The van der Waals surface area contributed by atoms with Crippen LogP contribution in [0.3, 0.4) is 0 Å². The summed E-state index contributed by atoms with van der Waals surface area (Å²) in [6.07, 6.45) is 0.0113. The average molecular weight is 887 g/mol. The van der Waals surface area contributed by atoms with Crippen molar-refractivity contribution in [2.75, 3.05) is 46.8 Å². The van der Waals surface area contributed by atoms with Crippen LogP contribution in [-0.2, 0) is 50.2 Å². The molecule has 0 radical (unpaired) electrons. The Morgan fingerprint density at radius 3 is 2.59 bits per heavy atom. The second-order valence-electron chi connectivity index (χ2n) is 14.1. The third kappa shape index (κ3) is 10.4. The van der Waals surface area contributed by atoms with E-state index in [0.29, 0.717) is 39.8 Å². The molecule has 2 aliphatic heterocycles. The maximum Gasteiger partial charge on any atom is 0.421 e. The molecule has 5 aromatic rings. The Morgan fingerprint density at radius 2 is 1.84 bits per heavy atom. The van der Waals surface area contributed by atoms with Crippen LogP contribution in [0.25, 0.3) is 0 Å². The smallest absolute Gasteiger partial charge is 0.367 e. The first-order valence-corrected chi connectivity index (χ1v) is 20.9. The first-order chi connectivity index (χ1) is 30.0. The van der Waals surface area contributed by atoms with E-state index in [1.807, 2.05) is 0 Å². The van der Waals surface area contributed by atoms with Gasteiger partial charge in [0.1, 0.15) is 29.8 Å². The van der Waals surface area contributed by atoms with Gasteiger partial charge in [0.25, 0.3) is 11.8 Å². The number of benzene rings is 2. The number of alkyl halides is 3. The number of rotatable bonds is 14. The second-order valence-corrected chi connectivity index (χ2v) is 16.1. The molecule has 326 valence electrons.